The first kappa shape index (κ1) is 18.2. The molecule has 0 bridgehead atoms. The number of carbonyl (C=O) groups is 1. The monoisotopic (exact) mass is 359 g/mol. The van der Waals surface area contributed by atoms with Crippen LogP contribution in [0.1, 0.15) is 36.0 Å². The summed E-state index contributed by atoms with van der Waals surface area (Å²) in [5.41, 5.74) is 6.03. The number of rotatable bonds is 7. The molecule has 0 heterocycles. The molecule has 1 amide bonds. The minimum Gasteiger partial charge on any atom is -0.348 e. The lowest BCUT2D eigenvalue weighted by Crippen LogP contribution is -2.41. The second-order valence-corrected chi connectivity index (χ2v) is 7.79. The van der Waals surface area contributed by atoms with Gasteiger partial charge < -0.3 is 11.1 Å². The highest BCUT2D eigenvalue weighted by Crippen LogP contribution is 2.32. The van der Waals surface area contributed by atoms with Gasteiger partial charge in [0.1, 0.15) is 0 Å². The summed E-state index contributed by atoms with van der Waals surface area (Å²) in [6.07, 6.45) is 3.92. The summed E-state index contributed by atoms with van der Waals surface area (Å²) in [5.74, 6) is 0.184. The Hall–Kier alpha value is -1.15. The molecule has 2 aliphatic carbocycles. The van der Waals surface area contributed by atoms with Crippen LogP contribution in [-0.4, -0.2) is 33.0 Å². The Bertz CT molecular complexity index is 672. The minimum atomic E-state index is -3.55. The highest BCUT2D eigenvalue weighted by Gasteiger charge is 2.32. The summed E-state index contributed by atoms with van der Waals surface area (Å²) >= 11 is 0. The van der Waals surface area contributed by atoms with Gasteiger partial charge in [-0.3, -0.25) is 4.79 Å². The number of hydrogen-bond donors (Lipinski definition) is 3. The number of benzene rings is 1. The maximum atomic E-state index is 12.3. The molecule has 128 valence electrons. The van der Waals surface area contributed by atoms with Gasteiger partial charge in [-0.15, -0.1) is 12.4 Å². The average Bonchev–Trinajstić information content (AvgIpc) is 3.38. The van der Waals surface area contributed by atoms with Crippen molar-refractivity contribution in [3.8, 4) is 0 Å². The minimum absolute atomic E-state index is 0. The van der Waals surface area contributed by atoms with Crippen LogP contribution in [0, 0.1) is 5.92 Å². The third-order valence-electron chi connectivity index (χ3n) is 4.07. The first-order valence-electron chi connectivity index (χ1n) is 7.63. The number of carbonyl (C=O) groups excluding carboxylic acids is 1. The first-order chi connectivity index (χ1) is 10.5. The zero-order valence-corrected chi connectivity index (χ0v) is 14.3. The molecule has 4 N–H and O–H groups in total. The van der Waals surface area contributed by atoms with Crippen LogP contribution in [0.3, 0.4) is 0 Å². The number of sulfonamides is 1. The molecule has 1 atom stereocenters. The van der Waals surface area contributed by atoms with Crippen molar-refractivity contribution in [3.63, 3.8) is 0 Å². The van der Waals surface area contributed by atoms with Gasteiger partial charge >= 0.3 is 0 Å². The highest BCUT2D eigenvalue weighted by atomic mass is 35.5. The van der Waals surface area contributed by atoms with E-state index in [1.807, 2.05) is 0 Å². The number of nitrogens with one attached hydrogen (secondary N) is 2. The quantitative estimate of drug-likeness (QED) is 0.676. The molecule has 1 aromatic rings. The summed E-state index contributed by atoms with van der Waals surface area (Å²) in [6.45, 7) is 0.400. The molecule has 1 unspecified atom stereocenters. The second kappa shape index (κ2) is 7.17. The van der Waals surface area contributed by atoms with Crippen molar-refractivity contribution in [2.75, 3.05) is 6.54 Å². The maximum absolute atomic E-state index is 12.3. The van der Waals surface area contributed by atoms with E-state index < -0.39 is 10.0 Å². The molecule has 2 saturated carbocycles. The second-order valence-electron chi connectivity index (χ2n) is 6.08. The molecule has 3 rings (SSSR count). The Morgan fingerprint density at radius 1 is 1.26 bits per heavy atom. The zero-order chi connectivity index (χ0) is 15.7. The van der Waals surface area contributed by atoms with Crippen molar-refractivity contribution < 1.29 is 13.2 Å². The molecule has 23 heavy (non-hydrogen) atoms. The van der Waals surface area contributed by atoms with Crippen molar-refractivity contribution in [2.45, 2.75) is 42.7 Å². The van der Waals surface area contributed by atoms with E-state index in [9.17, 15) is 13.2 Å². The topological polar surface area (TPSA) is 101 Å². The fraction of sp³-hybridized carbons (Fsp3) is 0.533. The van der Waals surface area contributed by atoms with Gasteiger partial charge in [-0.1, -0.05) is 6.07 Å². The van der Waals surface area contributed by atoms with Crippen molar-refractivity contribution in [1.29, 1.82) is 0 Å². The zero-order valence-electron chi connectivity index (χ0n) is 12.7. The van der Waals surface area contributed by atoms with Crippen LogP contribution in [0.4, 0.5) is 0 Å². The SMILES string of the molecule is Cl.NCC(NC(=O)c1cccc(S(=O)(=O)NC2CC2)c1)C1CC1. The van der Waals surface area contributed by atoms with Gasteiger partial charge in [0.25, 0.3) is 5.91 Å². The number of amides is 1. The molecular weight excluding hydrogens is 338 g/mol. The lowest BCUT2D eigenvalue weighted by molar-refractivity contribution is 0.0933. The van der Waals surface area contributed by atoms with Crippen LogP contribution < -0.4 is 15.8 Å². The maximum Gasteiger partial charge on any atom is 0.251 e. The third-order valence-corrected chi connectivity index (χ3v) is 5.59. The Labute approximate surface area is 142 Å². The summed E-state index contributed by atoms with van der Waals surface area (Å²) in [7, 11) is -3.55. The van der Waals surface area contributed by atoms with Gasteiger partial charge in [0.15, 0.2) is 0 Å². The van der Waals surface area contributed by atoms with E-state index in [1.165, 1.54) is 12.1 Å². The van der Waals surface area contributed by atoms with E-state index >= 15 is 0 Å². The number of hydrogen-bond acceptors (Lipinski definition) is 4. The molecule has 1 aromatic carbocycles. The van der Waals surface area contributed by atoms with Gasteiger partial charge in [-0.05, 0) is 49.8 Å². The van der Waals surface area contributed by atoms with E-state index in [2.05, 4.69) is 10.0 Å². The highest BCUT2D eigenvalue weighted by molar-refractivity contribution is 7.89. The first-order valence-corrected chi connectivity index (χ1v) is 9.11. The smallest absolute Gasteiger partial charge is 0.251 e. The Morgan fingerprint density at radius 3 is 2.52 bits per heavy atom. The van der Waals surface area contributed by atoms with Crippen LogP contribution in [0.15, 0.2) is 29.2 Å². The average molecular weight is 360 g/mol. The summed E-state index contributed by atoms with van der Waals surface area (Å²) in [6, 6.07) is 6.14. The molecule has 0 aliphatic heterocycles. The van der Waals surface area contributed by atoms with Crippen LogP contribution in [0.2, 0.25) is 0 Å². The van der Waals surface area contributed by atoms with Gasteiger partial charge in [0.2, 0.25) is 10.0 Å². The van der Waals surface area contributed by atoms with Gasteiger partial charge in [-0.2, -0.15) is 0 Å². The van der Waals surface area contributed by atoms with Crippen LogP contribution in [0.25, 0.3) is 0 Å². The molecule has 2 fully saturated rings. The molecule has 0 aromatic heterocycles. The van der Waals surface area contributed by atoms with Gasteiger partial charge in [0.05, 0.1) is 4.90 Å². The van der Waals surface area contributed by atoms with E-state index in [-0.39, 0.29) is 35.3 Å². The lowest BCUT2D eigenvalue weighted by Gasteiger charge is -2.16. The number of halogens is 1. The number of nitrogens with two attached hydrogens (primary N) is 1. The standard InChI is InChI=1S/C15H21N3O3S.ClH/c16-9-14(10-4-5-10)17-15(19)11-2-1-3-13(8-11)22(20,21)18-12-6-7-12;/h1-3,8,10,12,14,18H,4-7,9,16H2,(H,17,19);1H. The van der Waals surface area contributed by atoms with Crippen molar-refractivity contribution in [1.82, 2.24) is 10.0 Å². The van der Waals surface area contributed by atoms with Gasteiger partial charge in [-0.25, -0.2) is 13.1 Å². The molecule has 0 saturated heterocycles. The normalized spacial score (nSPS) is 18.8. The fourth-order valence-electron chi connectivity index (χ4n) is 2.41. The molecule has 8 heteroatoms. The Balaban J connectivity index is 0.00000192. The fourth-order valence-corrected chi connectivity index (χ4v) is 3.76. The van der Waals surface area contributed by atoms with Crippen molar-refractivity contribution in [3.05, 3.63) is 29.8 Å². The molecular formula is C15H22ClN3O3S. The van der Waals surface area contributed by atoms with Crippen LogP contribution in [-0.2, 0) is 10.0 Å². The summed E-state index contributed by atoms with van der Waals surface area (Å²) in [5, 5.41) is 2.90. The lowest BCUT2D eigenvalue weighted by atomic mass is 10.1. The molecule has 0 spiro atoms. The largest absolute Gasteiger partial charge is 0.348 e. The van der Waals surface area contributed by atoms with E-state index in [1.54, 1.807) is 12.1 Å². The van der Waals surface area contributed by atoms with E-state index in [0.29, 0.717) is 18.0 Å². The summed E-state index contributed by atoms with van der Waals surface area (Å²) < 4.78 is 27.0. The van der Waals surface area contributed by atoms with E-state index in [4.69, 9.17) is 5.73 Å². The summed E-state index contributed by atoms with van der Waals surface area (Å²) in [4.78, 5) is 12.4. The predicted molar refractivity (Wildman–Crippen MR) is 90.1 cm³/mol. The van der Waals surface area contributed by atoms with Crippen LogP contribution >= 0.6 is 12.4 Å². The molecule has 6 nitrogen and oxygen atoms in total. The van der Waals surface area contributed by atoms with Gasteiger partial charge in [0, 0.05) is 24.2 Å². The third kappa shape index (κ3) is 4.67. The van der Waals surface area contributed by atoms with E-state index in [0.717, 1.165) is 25.7 Å². The predicted octanol–water partition coefficient (Wildman–Crippen LogP) is 1.02. The Kier molecular flexibility index (Phi) is 5.67. The Morgan fingerprint density at radius 2 is 1.96 bits per heavy atom. The van der Waals surface area contributed by atoms with Crippen molar-refractivity contribution >= 4 is 28.3 Å². The molecule has 2 aliphatic rings. The van der Waals surface area contributed by atoms with Crippen LogP contribution in [0.5, 0.6) is 0 Å². The van der Waals surface area contributed by atoms with Crippen molar-refractivity contribution in [2.24, 2.45) is 11.7 Å². The molecule has 0 radical (unpaired) electrons.